The summed E-state index contributed by atoms with van der Waals surface area (Å²) < 4.78 is 5.17. The standard InChI is InChI=1S/C15H20ClN3O3/c1-2-17-15(21)22-10-11-6-3-4-9-19(11)14(20)13-12(16)7-5-8-18-13/h5,7-8,11H,2-4,6,9-10H2,1H3,(H,17,21). The quantitative estimate of drug-likeness (QED) is 0.923. The first kappa shape index (κ1) is 16.5. The summed E-state index contributed by atoms with van der Waals surface area (Å²) in [5, 5.41) is 2.91. The minimum Gasteiger partial charge on any atom is -0.447 e. The van der Waals surface area contributed by atoms with Gasteiger partial charge in [-0.2, -0.15) is 0 Å². The van der Waals surface area contributed by atoms with E-state index in [9.17, 15) is 9.59 Å². The molecule has 1 saturated heterocycles. The number of hydrogen-bond donors (Lipinski definition) is 1. The Balaban J connectivity index is 2.04. The van der Waals surface area contributed by atoms with Crippen molar-refractivity contribution in [1.29, 1.82) is 0 Å². The number of piperidine rings is 1. The van der Waals surface area contributed by atoms with Gasteiger partial charge in [0.2, 0.25) is 0 Å². The molecule has 1 aliphatic rings. The Labute approximate surface area is 134 Å². The number of hydrogen-bond acceptors (Lipinski definition) is 4. The zero-order chi connectivity index (χ0) is 15.9. The maximum absolute atomic E-state index is 12.6. The van der Waals surface area contributed by atoms with Gasteiger partial charge in [0.25, 0.3) is 5.91 Å². The Morgan fingerprint density at radius 3 is 3.05 bits per heavy atom. The van der Waals surface area contributed by atoms with Crippen molar-refractivity contribution in [3.8, 4) is 0 Å². The van der Waals surface area contributed by atoms with Crippen LogP contribution >= 0.6 is 11.6 Å². The van der Waals surface area contributed by atoms with E-state index in [1.807, 2.05) is 6.92 Å². The predicted octanol–water partition coefficient (Wildman–Crippen LogP) is 2.48. The van der Waals surface area contributed by atoms with E-state index in [1.54, 1.807) is 23.2 Å². The van der Waals surface area contributed by atoms with E-state index in [0.29, 0.717) is 18.1 Å². The molecule has 1 aromatic heterocycles. The highest BCUT2D eigenvalue weighted by molar-refractivity contribution is 6.33. The van der Waals surface area contributed by atoms with Crippen LogP contribution < -0.4 is 5.32 Å². The molecule has 0 saturated carbocycles. The summed E-state index contributed by atoms with van der Waals surface area (Å²) >= 11 is 6.05. The number of pyridine rings is 1. The van der Waals surface area contributed by atoms with E-state index < -0.39 is 6.09 Å². The molecule has 2 amide bonds. The van der Waals surface area contributed by atoms with Crippen molar-refractivity contribution in [1.82, 2.24) is 15.2 Å². The van der Waals surface area contributed by atoms with Crippen LogP contribution in [0.2, 0.25) is 5.02 Å². The zero-order valence-electron chi connectivity index (χ0n) is 12.5. The molecule has 22 heavy (non-hydrogen) atoms. The molecular weight excluding hydrogens is 306 g/mol. The molecule has 0 aliphatic carbocycles. The molecule has 2 heterocycles. The van der Waals surface area contributed by atoms with Crippen molar-refractivity contribution in [2.45, 2.75) is 32.2 Å². The Kier molecular flexibility index (Phi) is 6.00. The highest BCUT2D eigenvalue weighted by Crippen LogP contribution is 2.22. The third kappa shape index (κ3) is 4.10. The van der Waals surface area contributed by atoms with Gasteiger partial charge in [-0.1, -0.05) is 11.6 Å². The van der Waals surface area contributed by atoms with Gasteiger partial charge in [0, 0.05) is 19.3 Å². The first-order valence-electron chi connectivity index (χ1n) is 7.45. The van der Waals surface area contributed by atoms with Crippen LogP contribution in [0.15, 0.2) is 18.3 Å². The summed E-state index contributed by atoms with van der Waals surface area (Å²) in [5.41, 5.74) is 0.245. The van der Waals surface area contributed by atoms with Crippen LogP contribution in [-0.4, -0.2) is 47.6 Å². The monoisotopic (exact) mass is 325 g/mol. The van der Waals surface area contributed by atoms with Gasteiger partial charge in [0.15, 0.2) is 0 Å². The summed E-state index contributed by atoms with van der Waals surface area (Å²) in [6.45, 7) is 3.13. The lowest BCUT2D eigenvalue weighted by atomic mass is 10.0. The number of likely N-dealkylation sites (tertiary alicyclic amines) is 1. The van der Waals surface area contributed by atoms with E-state index >= 15 is 0 Å². The molecule has 1 aromatic rings. The average Bonchev–Trinajstić information content (AvgIpc) is 2.53. The molecule has 1 unspecified atom stereocenters. The third-order valence-electron chi connectivity index (χ3n) is 3.58. The summed E-state index contributed by atoms with van der Waals surface area (Å²) in [4.78, 5) is 29.8. The van der Waals surface area contributed by atoms with E-state index in [1.165, 1.54) is 0 Å². The Morgan fingerprint density at radius 1 is 1.50 bits per heavy atom. The number of halogens is 1. The number of ether oxygens (including phenoxy) is 1. The van der Waals surface area contributed by atoms with Crippen LogP contribution in [0.4, 0.5) is 4.79 Å². The highest BCUT2D eigenvalue weighted by Gasteiger charge is 2.30. The van der Waals surface area contributed by atoms with Crippen LogP contribution in [0.1, 0.15) is 36.7 Å². The molecule has 6 nitrogen and oxygen atoms in total. The molecule has 0 bridgehead atoms. The number of rotatable bonds is 4. The van der Waals surface area contributed by atoms with Crippen molar-refractivity contribution in [3.05, 3.63) is 29.0 Å². The average molecular weight is 326 g/mol. The van der Waals surface area contributed by atoms with Gasteiger partial charge in [-0.15, -0.1) is 0 Å². The van der Waals surface area contributed by atoms with E-state index in [2.05, 4.69) is 10.3 Å². The second kappa shape index (κ2) is 7.98. The van der Waals surface area contributed by atoms with E-state index in [-0.39, 0.29) is 24.2 Å². The van der Waals surface area contributed by atoms with Gasteiger partial charge in [-0.05, 0) is 38.3 Å². The molecule has 0 aromatic carbocycles. The minimum atomic E-state index is -0.462. The summed E-state index contributed by atoms with van der Waals surface area (Å²) in [7, 11) is 0. The molecule has 2 rings (SSSR count). The Bertz CT molecular complexity index is 539. The first-order chi connectivity index (χ1) is 10.6. The van der Waals surface area contributed by atoms with Crippen LogP contribution in [-0.2, 0) is 4.74 Å². The number of carbonyl (C=O) groups is 2. The Hall–Kier alpha value is -1.82. The fourth-order valence-corrected chi connectivity index (χ4v) is 2.69. The lowest BCUT2D eigenvalue weighted by molar-refractivity contribution is 0.0445. The van der Waals surface area contributed by atoms with Gasteiger partial charge in [0.1, 0.15) is 12.3 Å². The number of aromatic nitrogens is 1. The predicted molar refractivity (Wildman–Crippen MR) is 82.9 cm³/mol. The molecule has 1 aliphatic heterocycles. The van der Waals surface area contributed by atoms with Gasteiger partial charge in [0.05, 0.1) is 11.1 Å². The van der Waals surface area contributed by atoms with E-state index in [4.69, 9.17) is 16.3 Å². The van der Waals surface area contributed by atoms with Gasteiger partial charge >= 0.3 is 6.09 Å². The number of nitrogens with zero attached hydrogens (tertiary/aromatic N) is 2. The van der Waals surface area contributed by atoms with Crippen LogP contribution in [0, 0.1) is 0 Å². The van der Waals surface area contributed by atoms with Crippen molar-refractivity contribution in [2.24, 2.45) is 0 Å². The van der Waals surface area contributed by atoms with Crippen molar-refractivity contribution in [2.75, 3.05) is 19.7 Å². The molecular formula is C15H20ClN3O3. The van der Waals surface area contributed by atoms with Crippen LogP contribution in [0.5, 0.6) is 0 Å². The largest absolute Gasteiger partial charge is 0.447 e. The Morgan fingerprint density at radius 2 is 2.32 bits per heavy atom. The lowest BCUT2D eigenvalue weighted by Crippen LogP contribution is -2.47. The normalized spacial score (nSPS) is 17.9. The second-order valence-corrected chi connectivity index (χ2v) is 5.52. The van der Waals surface area contributed by atoms with Crippen LogP contribution in [0.3, 0.4) is 0 Å². The van der Waals surface area contributed by atoms with Gasteiger partial charge in [-0.3, -0.25) is 4.79 Å². The third-order valence-corrected chi connectivity index (χ3v) is 3.88. The molecule has 120 valence electrons. The second-order valence-electron chi connectivity index (χ2n) is 5.11. The van der Waals surface area contributed by atoms with Crippen molar-refractivity contribution < 1.29 is 14.3 Å². The van der Waals surface area contributed by atoms with Crippen LogP contribution in [0.25, 0.3) is 0 Å². The highest BCUT2D eigenvalue weighted by atomic mass is 35.5. The summed E-state index contributed by atoms with van der Waals surface area (Å²) in [6.07, 6.45) is 3.81. The van der Waals surface area contributed by atoms with Gasteiger partial charge in [-0.25, -0.2) is 9.78 Å². The summed E-state index contributed by atoms with van der Waals surface area (Å²) in [6, 6.07) is 3.19. The van der Waals surface area contributed by atoms with Gasteiger partial charge < -0.3 is 15.0 Å². The SMILES string of the molecule is CCNC(=O)OCC1CCCCN1C(=O)c1ncccc1Cl. The molecule has 7 heteroatoms. The minimum absolute atomic E-state index is 0.137. The van der Waals surface area contributed by atoms with Crippen molar-refractivity contribution in [3.63, 3.8) is 0 Å². The van der Waals surface area contributed by atoms with Crippen molar-refractivity contribution >= 4 is 23.6 Å². The smallest absolute Gasteiger partial charge is 0.407 e. The molecule has 1 atom stereocenters. The lowest BCUT2D eigenvalue weighted by Gasteiger charge is -2.35. The fraction of sp³-hybridized carbons (Fsp3) is 0.533. The molecule has 0 spiro atoms. The fourth-order valence-electron chi connectivity index (χ4n) is 2.49. The van der Waals surface area contributed by atoms with E-state index in [0.717, 1.165) is 19.3 Å². The number of nitrogens with one attached hydrogen (secondary N) is 1. The topological polar surface area (TPSA) is 71.5 Å². The maximum atomic E-state index is 12.6. The molecule has 1 N–H and O–H groups in total. The molecule has 0 radical (unpaired) electrons. The summed E-state index contributed by atoms with van der Waals surface area (Å²) in [5.74, 6) is -0.213. The number of carbonyl (C=O) groups excluding carboxylic acids is 2. The number of amides is 2. The maximum Gasteiger partial charge on any atom is 0.407 e. The zero-order valence-corrected chi connectivity index (χ0v) is 13.3. The molecule has 1 fully saturated rings. The first-order valence-corrected chi connectivity index (χ1v) is 7.83. The number of alkyl carbamates (subject to hydrolysis) is 1.